The highest BCUT2D eigenvalue weighted by molar-refractivity contribution is 5.85. The molecule has 0 heterocycles. The van der Waals surface area contributed by atoms with Crippen molar-refractivity contribution in [2.75, 3.05) is 0 Å². The quantitative estimate of drug-likeness (QED) is 0.604. The largest absolute Gasteiger partial charge is 0.392 e. The number of benzene rings is 1. The maximum absolute atomic E-state index is 11.5. The number of halogens is 1. The fraction of sp³-hybridized carbons (Fsp3) is 0.417. The minimum atomic E-state index is -0.920. The number of aliphatic hydroxyl groups excluding tert-OH is 2. The van der Waals surface area contributed by atoms with Crippen molar-refractivity contribution in [1.82, 2.24) is 5.32 Å². The number of amides is 1. The molecule has 1 amide bonds. The van der Waals surface area contributed by atoms with Gasteiger partial charge in [-0.2, -0.15) is 0 Å². The van der Waals surface area contributed by atoms with Crippen LogP contribution in [0.15, 0.2) is 24.3 Å². The monoisotopic (exact) mass is 274 g/mol. The molecule has 0 saturated heterocycles. The maximum atomic E-state index is 11.5. The molecule has 2 atom stereocenters. The van der Waals surface area contributed by atoms with E-state index in [0.717, 1.165) is 11.1 Å². The van der Waals surface area contributed by atoms with E-state index in [0.29, 0.717) is 6.54 Å². The van der Waals surface area contributed by atoms with Gasteiger partial charge in [0.15, 0.2) is 0 Å². The van der Waals surface area contributed by atoms with Crippen LogP contribution < -0.4 is 11.1 Å². The second-order valence-corrected chi connectivity index (χ2v) is 3.96. The zero-order valence-electron chi connectivity index (χ0n) is 10.2. The Morgan fingerprint density at radius 2 is 2.06 bits per heavy atom. The summed E-state index contributed by atoms with van der Waals surface area (Å²) >= 11 is 0. The number of carbonyl (C=O) groups excluding carboxylic acids is 1. The van der Waals surface area contributed by atoms with Crippen molar-refractivity contribution in [3.8, 4) is 0 Å². The molecule has 0 saturated carbocycles. The number of nitrogens with one attached hydrogen (secondary N) is 1. The first-order valence-electron chi connectivity index (χ1n) is 5.44. The molecule has 0 unspecified atom stereocenters. The number of nitrogens with two attached hydrogens (primary N) is 1. The van der Waals surface area contributed by atoms with E-state index >= 15 is 0 Å². The van der Waals surface area contributed by atoms with Gasteiger partial charge in [-0.05, 0) is 18.1 Å². The van der Waals surface area contributed by atoms with E-state index in [2.05, 4.69) is 5.32 Å². The van der Waals surface area contributed by atoms with Crippen LogP contribution in [0.3, 0.4) is 0 Å². The van der Waals surface area contributed by atoms with Gasteiger partial charge in [0.05, 0.1) is 12.7 Å². The molecule has 1 aromatic carbocycles. The predicted molar refractivity (Wildman–Crippen MR) is 71.1 cm³/mol. The highest BCUT2D eigenvalue weighted by Gasteiger charge is 2.17. The van der Waals surface area contributed by atoms with E-state index in [1.807, 2.05) is 12.1 Å². The molecule has 0 aliphatic carbocycles. The first-order chi connectivity index (χ1) is 8.04. The molecule has 1 aromatic rings. The van der Waals surface area contributed by atoms with E-state index in [4.69, 9.17) is 15.9 Å². The average molecular weight is 275 g/mol. The molecule has 5 N–H and O–H groups in total. The fourth-order valence-electron chi connectivity index (χ4n) is 1.36. The zero-order chi connectivity index (χ0) is 12.8. The summed E-state index contributed by atoms with van der Waals surface area (Å²) in [6, 6.07) is 6.33. The van der Waals surface area contributed by atoms with Gasteiger partial charge in [-0.15, -0.1) is 12.4 Å². The molecule has 5 nitrogen and oxygen atoms in total. The van der Waals surface area contributed by atoms with Crippen LogP contribution in [-0.4, -0.2) is 28.3 Å². The summed E-state index contributed by atoms with van der Waals surface area (Å²) in [6.07, 6.45) is -0.876. The summed E-state index contributed by atoms with van der Waals surface area (Å²) in [5.41, 5.74) is 7.14. The molecule has 0 aliphatic rings. The molecule has 18 heavy (non-hydrogen) atoms. The third kappa shape index (κ3) is 5.01. The Kier molecular flexibility index (Phi) is 7.54. The van der Waals surface area contributed by atoms with E-state index in [1.165, 1.54) is 6.92 Å². The third-order valence-electron chi connectivity index (χ3n) is 2.46. The first kappa shape index (κ1) is 16.9. The van der Waals surface area contributed by atoms with Gasteiger partial charge in [0.1, 0.15) is 6.04 Å². The Bertz CT molecular complexity index is 385. The van der Waals surface area contributed by atoms with E-state index in [-0.39, 0.29) is 19.0 Å². The van der Waals surface area contributed by atoms with Crippen molar-refractivity contribution in [1.29, 1.82) is 0 Å². The van der Waals surface area contributed by atoms with Gasteiger partial charge in [0.25, 0.3) is 0 Å². The highest BCUT2D eigenvalue weighted by Crippen LogP contribution is 2.05. The van der Waals surface area contributed by atoms with Crippen LogP contribution in [0.5, 0.6) is 0 Å². The standard InChI is InChI=1S/C12H18N2O3.ClH/c1-8(16)11(13)12(17)14-6-9-3-2-4-10(5-9)7-15;/h2-5,8,11,15-16H,6-7,13H2,1H3,(H,14,17);1H/t8-,11+;/m0./s1. The highest BCUT2D eigenvalue weighted by atomic mass is 35.5. The van der Waals surface area contributed by atoms with E-state index in [1.54, 1.807) is 12.1 Å². The Hall–Kier alpha value is -1.14. The van der Waals surface area contributed by atoms with Crippen LogP contribution in [0.2, 0.25) is 0 Å². The second kappa shape index (κ2) is 8.05. The van der Waals surface area contributed by atoms with Gasteiger partial charge in [-0.25, -0.2) is 0 Å². The molecule has 0 aliphatic heterocycles. The summed E-state index contributed by atoms with van der Waals surface area (Å²) in [5.74, 6) is -0.394. The molecule has 0 aromatic heterocycles. The molecular weight excluding hydrogens is 256 g/mol. The third-order valence-corrected chi connectivity index (χ3v) is 2.46. The maximum Gasteiger partial charge on any atom is 0.239 e. The number of rotatable bonds is 5. The summed E-state index contributed by atoms with van der Waals surface area (Å²) < 4.78 is 0. The van der Waals surface area contributed by atoms with E-state index in [9.17, 15) is 4.79 Å². The average Bonchev–Trinajstić information content (AvgIpc) is 2.35. The molecule has 102 valence electrons. The minimum Gasteiger partial charge on any atom is -0.392 e. The fourth-order valence-corrected chi connectivity index (χ4v) is 1.36. The van der Waals surface area contributed by atoms with Crippen molar-refractivity contribution in [2.24, 2.45) is 5.73 Å². The van der Waals surface area contributed by atoms with Crippen molar-refractivity contribution in [3.05, 3.63) is 35.4 Å². The molecule has 0 bridgehead atoms. The van der Waals surface area contributed by atoms with Crippen LogP contribution in [0.4, 0.5) is 0 Å². The van der Waals surface area contributed by atoms with Crippen molar-refractivity contribution in [2.45, 2.75) is 32.2 Å². The van der Waals surface area contributed by atoms with Gasteiger partial charge >= 0.3 is 0 Å². The Morgan fingerprint density at radius 3 is 2.61 bits per heavy atom. The summed E-state index contributed by atoms with van der Waals surface area (Å²) in [4.78, 5) is 11.5. The first-order valence-corrected chi connectivity index (χ1v) is 5.44. The SMILES string of the molecule is C[C@H](O)[C@@H](N)C(=O)NCc1cccc(CO)c1.Cl. The lowest BCUT2D eigenvalue weighted by atomic mass is 10.1. The molecule has 1 rings (SSSR count). The van der Waals surface area contributed by atoms with Gasteiger partial charge in [0.2, 0.25) is 5.91 Å². The molecule has 0 fully saturated rings. The Balaban J connectivity index is 0.00000289. The van der Waals surface area contributed by atoms with Crippen LogP contribution in [0.1, 0.15) is 18.1 Å². The molecule has 0 radical (unpaired) electrons. The van der Waals surface area contributed by atoms with Crippen molar-refractivity contribution in [3.63, 3.8) is 0 Å². The van der Waals surface area contributed by atoms with E-state index < -0.39 is 18.1 Å². The van der Waals surface area contributed by atoms with Crippen molar-refractivity contribution < 1.29 is 15.0 Å². The lowest BCUT2D eigenvalue weighted by molar-refractivity contribution is -0.124. The number of hydrogen-bond donors (Lipinski definition) is 4. The van der Waals surface area contributed by atoms with Crippen LogP contribution >= 0.6 is 12.4 Å². The van der Waals surface area contributed by atoms with Crippen LogP contribution in [0, 0.1) is 0 Å². The zero-order valence-corrected chi connectivity index (χ0v) is 11.0. The number of carbonyl (C=O) groups is 1. The Labute approximate surface area is 112 Å². The normalized spacial score (nSPS) is 13.3. The predicted octanol–water partition coefficient (Wildman–Crippen LogP) is -0.0750. The van der Waals surface area contributed by atoms with Gasteiger partial charge in [-0.3, -0.25) is 4.79 Å². The molecular formula is C12H19ClN2O3. The smallest absolute Gasteiger partial charge is 0.239 e. The van der Waals surface area contributed by atoms with Crippen molar-refractivity contribution >= 4 is 18.3 Å². The van der Waals surface area contributed by atoms with Crippen LogP contribution in [-0.2, 0) is 17.9 Å². The summed E-state index contributed by atoms with van der Waals surface area (Å²) in [7, 11) is 0. The number of aliphatic hydroxyl groups is 2. The second-order valence-electron chi connectivity index (χ2n) is 3.96. The molecule has 6 heteroatoms. The van der Waals surface area contributed by atoms with Gasteiger partial charge in [-0.1, -0.05) is 24.3 Å². The van der Waals surface area contributed by atoms with Gasteiger partial charge in [0, 0.05) is 6.54 Å². The summed E-state index contributed by atoms with van der Waals surface area (Å²) in [6.45, 7) is 1.76. The topological polar surface area (TPSA) is 95.6 Å². The Morgan fingerprint density at radius 1 is 1.44 bits per heavy atom. The molecule has 0 spiro atoms. The summed E-state index contributed by atoms with van der Waals surface area (Å²) in [5, 5.41) is 20.7. The van der Waals surface area contributed by atoms with Crippen LogP contribution in [0.25, 0.3) is 0 Å². The lowest BCUT2D eigenvalue weighted by Gasteiger charge is -2.14. The minimum absolute atomic E-state index is 0. The van der Waals surface area contributed by atoms with Gasteiger partial charge < -0.3 is 21.3 Å². The number of hydrogen-bond acceptors (Lipinski definition) is 4. The lowest BCUT2D eigenvalue weighted by Crippen LogP contribution is -2.46.